The van der Waals surface area contributed by atoms with Crippen LogP contribution in [0.2, 0.25) is 0 Å². The minimum Gasteiger partial charge on any atom is -0.391 e. The molecule has 18 heavy (non-hydrogen) atoms. The fraction of sp³-hybridized carbons (Fsp3) is 0.300. The number of hydrogen-bond donors (Lipinski definition) is 1. The SMILES string of the molecule is CC(N)C=NOCc1c(F)c(F)c(F)c(F)c1F. The van der Waals surface area contributed by atoms with Crippen LogP contribution >= 0.6 is 0 Å². The molecule has 0 saturated heterocycles. The van der Waals surface area contributed by atoms with Crippen LogP contribution < -0.4 is 5.73 Å². The number of hydrogen-bond acceptors (Lipinski definition) is 3. The first kappa shape index (κ1) is 14.4. The third-order valence-electron chi connectivity index (χ3n) is 1.88. The summed E-state index contributed by atoms with van der Waals surface area (Å²) in [6.07, 6.45) is 1.10. The molecule has 8 heteroatoms. The predicted molar refractivity (Wildman–Crippen MR) is 53.2 cm³/mol. The molecule has 3 nitrogen and oxygen atoms in total. The van der Waals surface area contributed by atoms with Gasteiger partial charge in [-0.25, -0.2) is 22.0 Å². The first-order chi connectivity index (χ1) is 8.36. The Morgan fingerprint density at radius 2 is 1.50 bits per heavy atom. The van der Waals surface area contributed by atoms with Gasteiger partial charge in [-0.15, -0.1) is 0 Å². The Labute approximate surface area is 99.0 Å². The summed E-state index contributed by atoms with van der Waals surface area (Å²) in [6.45, 7) is 0.653. The van der Waals surface area contributed by atoms with Gasteiger partial charge in [0.1, 0.15) is 6.61 Å². The van der Waals surface area contributed by atoms with E-state index < -0.39 is 47.3 Å². The van der Waals surface area contributed by atoms with Crippen molar-refractivity contribution < 1.29 is 26.8 Å². The molecule has 2 N–H and O–H groups in total. The van der Waals surface area contributed by atoms with Gasteiger partial charge in [-0.3, -0.25) is 0 Å². The van der Waals surface area contributed by atoms with Gasteiger partial charge in [-0.1, -0.05) is 5.16 Å². The van der Waals surface area contributed by atoms with E-state index in [4.69, 9.17) is 5.73 Å². The highest BCUT2D eigenvalue weighted by atomic mass is 19.2. The average Bonchev–Trinajstić information content (AvgIpc) is 2.32. The second-order valence-electron chi connectivity index (χ2n) is 3.44. The Morgan fingerprint density at radius 3 is 1.94 bits per heavy atom. The van der Waals surface area contributed by atoms with E-state index in [1.165, 1.54) is 0 Å². The van der Waals surface area contributed by atoms with E-state index in [0.29, 0.717) is 0 Å². The smallest absolute Gasteiger partial charge is 0.200 e. The van der Waals surface area contributed by atoms with Gasteiger partial charge in [0, 0.05) is 6.04 Å². The molecule has 1 unspecified atom stereocenters. The fourth-order valence-corrected chi connectivity index (χ4v) is 1.02. The number of halogens is 5. The van der Waals surface area contributed by atoms with Crippen molar-refractivity contribution in [2.45, 2.75) is 19.6 Å². The van der Waals surface area contributed by atoms with Crippen molar-refractivity contribution >= 4 is 6.21 Å². The Balaban J connectivity index is 2.96. The van der Waals surface area contributed by atoms with Gasteiger partial charge in [0.15, 0.2) is 23.3 Å². The standard InChI is InChI=1S/C10H9F5N2O/c1-4(16)2-17-18-3-5-6(11)8(13)10(15)9(14)7(5)12/h2,4H,3,16H2,1H3. The molecule has 0 radical (unpaired) electrons. The third kappa shape index (κ3) is 2.95. The van der Waals surface area contributed by atoms with Crippen LogP contribution in [-0.2, 0) is 11.4 Å². The number of benzene rings is 1. The van der Waals surface area contributed by atoms with Crippen LogP contribution in [0.25, 0.3) is 0 Å². The second-order valence-corrected chi connectivity index (χ2v) is 3.44. The van der Waals surface area contributed by atoms with E-state index in [-0.39, 0.29) is 0 Å². The van der Waals surface area contributed by atoms with Crippen molar-refractivity contribution in [2.24, 2.45) is 10.9 Å². The maximum atomic E-state index is 13.1. The summed E-state index contributed by atoms with van der Waals surface area (Å²) in [6, 6.07) is -0.471. The van der Waals surface area contributed by atoms with Gasteiger partial charge >= 0.3 is 0 Å². The van der Waals surface area contributed by atoms with Crippen molar-refractivity contribution in [1.29, 1.82) is 0 Å². The zero-order chi connectivity index (χ0) is 13.9. The molecular formula is C10H9F5N2O. The highest BCUT2D eigenvalue weighted by molar-refractivity contribution is 5.62. The molecule has 100 valence electrons. The third-order valence-corrected chi connectivity index (χ3v) is 1.88. The van der Waals surface area contributed by atoms with Crippen molar-refractivity contribution in [1.82, 2.24) is 0 Å². The molecule has 0 bridgehead atoms. The molecular weight excluding hydrogens is 259 g/mol. The Morgan fingerprint density at radius 1 is 1.06 bits per heavy atom. The van der Waals surface area contributed by atoms with E-state index in [0.717, 1.165) is 6.21 Å². The topological polar surface area (TPSA) is 47.6 Å². The van der Waals surface area contributed by atoms with E-state index >= 15 is 0 Å². The zero-order valence-corrected chi connectivity index (χ0v) is 9.18. The summed E-state index contributed by atoms with van der Waals surface area (Å²) in [5.74, 6) is -10.1. The number of nitrogens with two attached hydrogens (primary N) is 1. The lowest BCUT2D eigenvalue weighted by Gasteiger charge is -2.06. The van der Waals surface area contributed by atoms with Crippen molar-refractivity contribution in [2.75, 3.05) is 0 Å². The van der Waals surface area contributed by atoms with Gasteiger partial charge in [0.25, 0.3) is 0 Å². The van der Waals surface area contributed by atoms with Gasteiger partial charge in [-0.2, -0.15) is 0 Å². The number of oxime groups is 1. The van der Waals surface area contributed by atoms with Gasteiger partial charge < -0.3 is 10.6 Å². The molecule has 0 aliphatic heterocycles. The second kappa shape index (κ2) is 5.76. The summed E-state index contributed by atoms with van der Waals surface area (Å²) < 4.78 is 64.4. The normalized spacial score (nSPS) is 13.1. The predicted octanol–water partition coefficient (Wildman–Crippen LogP) is 2.23. The van der Waals surface area contributed by atoms with Crippen LogP contribution in [0.4, 0.5) is 22.0 Å². The quantitative estimate of drug-likeness (QED) is 0.299. The van der Waals surface area contributed by atoms with Crippen LogP contribution in [0.3, 0.4) is 0 Å². The largest absolute Gasteiger partial charge is 0.391 e. The van der Waals surface area contributed by atoms with Crippen molar-refractivity contribution in [3.05, 3.63) is 34.6 Å². The lowest BCUT2D eigenvalue weighted by Crippen LogP contribution is -2.16. The van der Waals surface area contributed by atoms with E-state index in [1.54, 1.807) is 6.92 Å². The van der Waals surface area contributed by atoms with Crippen LogP contribution in [0, 0.1) is 29.1 Å². The molecule has 0 aromatic heterocycles. The molecule has 0 amide bonds. The minimum atomic E-state index is -2.21. The van der Waals surface area contributed by atoms with Gasteiger partial charge in [0.05, 0.1) is 11.8 Å². The van der Waals surface area contributed by atoms with E-state index in [1.807, 2.05) is 0 Å². The molecule has 1 aromatic carbocycles. The number of nitrogens with zero attached hydrogens (tertiary/aromatic N) is 1. The van der Waals surface area contributed by atoms with Crippen LogP contribution in [0.1, 0.15) is 12.5 Å². The zero-order valence-electron chi connectivity index (χ0n) is 9.18. The first-order valence-corrected chi connectivity index (χ1v) is 4.77. The molecule has 1 aromatic rings. The molecule has 0 spiro atoms. The molecule has 1 atom stereocenters. The summed E-state index contributed by atoms with van der Waals surface area (Å²) in [4.78, 5) is 4.40. The minimum absolute atomic E-state index is 0.471. The maximum Gasteiger partial charge on any atom is 0.200 e. The fourth-order valence-electron chi connectivity index (χ4n) is 1.02. The summed E-state index contributed by atoms with van der Waals surface area (Å²) in [5, 5.41) is 3.21. The van der Waals surface area contributed by atoms with Crippen LogP contribution in [-0.4, -0.2) is 12.3 Å². The summed E-state index contributed by atoms with van der Waals surface area (Å²) in [5.41, 5.74) is 4.16. The molecule has 0 aliphatic rings. The lowest BCUT2D eigenvalue weighted by atomic mass is 10.2. The molecule has 1 rings (SSSR count). The van der Waals surface area contributed by atoms with Gasteiger partial charge in [-0.05, 0) is 6.92 Å². The number of rotatable bonds is 4. The Hall–Kier alpha value is -1.70. The summed E-state index contributed by atoms with van der Waals surface area (Å²) in [7, 11) is 0. The summed E-state index contributed by atoms with van der Waals surface area (Å²) >= 11 is 0. The lowest BCUT2D eigenvalue weighted by molar-refractivity contribution is 0.123. The van der Waals surface area contributed by atoms with Crippen molar-refractivity contribution in [3.63, 3.8) is 0 Å². The van der Waals surface area contributed by atoms with E-state index in [9.17, 15) is 22.0 Å². The first-order valence-electron chi connectivity index (χ1n) is 4.77. The maximum absolute atomic E-state index is 13.1. The highest BCUT2D eigenvalue weighted by Crippen LogP contribution is 2.23. The molecule has 0 saturated carbocycles. The van der Waals surface area contributed by atoms with Crippen LogP contribution in [0.5, 0.6) is 0 Å². The average molecular weight is 268 g/mol. The monoisotopic (exact) mass is 268 g/mol. The highest BCUT2D eigenvalue weighted by Gasteiger charge is 2.25. The Bertz CT molecular complexity index is 447. The van der Waals surface area contributed by atoms with E-state index in [2.05, 4.69) is 9.99 Å². The molecule has 0 heterocycles. The molecule has 0 fully saturated rings. The molecule has 0 aliphatic carbocycles. The van der Waals surface area contributed by atoms with Crippen molar-refractivity contribution in [3.8, 4) is 0 Å². The van der Waals surface area contributed by atoms with Crippen LogP contribution in [0.15, 0.2) is 5.16 Å². The Kier molecular flexibility index (Phi) is 4.60. The van der Waals surface area contributed by atoms with Gasteiger partial charge in [0.2, 0.25) is 5.82 Å².